The molecule has 0 spiro atoms. The molecule has 0 N–H and O–H groups in total. The summed E-state index contributed by atoms with van der Waals surface area (Å²) in [5.41, 5.74) is 1.63. The van der Waals surface area contributed by atoms with Crippen LogP contribution in [0.1, 0.15) is 15.9 Å². The summed E-state index contributed by atoms with van der Waals surface area (Å²) in [7, 11) is -3.49. The molecular formula is C17H19BrN2O3S3. The lowest BCUT2D eigenvalue weighted by Crippen LogP contribution is -2.50. The SMILES string of the molecule is CSc1ccc(C)c(C(=O)N2CCN(S(=O)(=O)c3ccc(Br)s3)CC2)c1. The Morgan fingerprint density at radius 1 is 1.15 bits per heavy atom. The fourth-order valence-electron chi connectivity index (χ4n) is 2.82. The van der Waals surface area contributed by atoms with Crippen LogP contribution >= 0.6 is 39.0 Å². The standard InChI is InChI=1S/C17H19BrN2O3S3/c1-12-3-4-13(24-2)11-14(12)17(21)19-7-9-20(10-8-19)26(22,23)16-6-5-15(18)25-16/h3-6,11H,7-10H2,1-2H3. The van der Waals surface area contributed by atoms with Gasteiger partial charge in [-0.25, -0.2) is 8.42 Å². The number of sulfonamides is 1. The molecule has 1 aliphatic heterocycles. The maximum atomic E-state index is 12.9. The number of hydrogen-bond acceptors (Lipinski definition) is 5. The van der Waals surface area contributed by atoms with Crippen LogP contribution in [0.2, 0.25) is 0 Å². The molecule has 0 aliphatic carbocycles. The quantitative estimate of drug-likeness (QED) is 0.633. The lowest BCUT2D eigenvalue weighted by molar-refractivity contribution is 0.0697. The molecule has 1 aromatic heterocycles. The minimum absolute atomic E-state index is 0.0330. The van der Waals surface area contributed by atoms with Gasteiger partial charge < -0.3 is 4.90 Å². The molecule has 1 saturated heterocycles. The Morgan fingerprint density at radius 3 is 2.42 bits per heavy atom. The molecule has 2 heterocycles. The van der Waals surface area contributed by atoms with Crippen molar-refractivity contribution in [3.8, 4) is 0 Å². The van der Waals surface area contributed by atoms with Gasteiger partial charge in [-0.2, -0.15) is 4.31 Å². The second kappa shape index (κ2) is 8.02. The van der Waals surface area contributed by atoms with E-state index in [2.05, 4.69) is 15.9 Å². The first-order chi connectivity index (χ1) is 12.3. The molecule has 0 unspecified atom stereocenters. The predicted octanol–water partition coefficient (Wildman–Crippen LogP) is 3.69. The van der Waals surface area contributed by atoms with E-state index in [1.54, 1.807) is 28.8 Å². The number of carbonyl (C=O) groups is 1. The van der Waals surface area contributed by atoms with Crippen LogP contribution in [0, 0.1) is 6.92 Å². The molecule has 1 aliphatic rings. The topological polar surface area (TPSA) is 57.7 Å². The number of aryl methyl sites for hydroxylation is 1. The summed E-state index contributed by atoms with van der Waals surface area (Å²) in [4.78, 5) is 15.6. The molecule has 1 aromatic carbocycles. The number of amides is 1. The molecule has 0 atom stereocenters. The minimum Gasteiger partial charge on any atom is -0.336 e. The smallest absolute Gasteiger partial charge is 0.254 e. The Kier molecular flexibility index (Phi) is 6.13. The number of hydrogen-bond donors (Lipinski definition) is 0. The van der Waals surface area contributed by atoms with Gasteiger partial charge in [-0.3, -0.25) is 4.79 Å². The van der Waals surface area contributed by atoms with E-state index in [4.69, 9.17) is 0 Å². The number of carbonyl (C=O) groups excluding carboxylic acids is 1. The highest BCUT2D eigenvalue weighted by molar-refractivity contribution is 9.11. The average Bonchev–Trinajstić information content (AvgIpc) is 3.09. The first-order valence-corrected chi connectivity index (χ1v) is 12.3. The molecule has 0 saturated carbocycles. The Labute approximate surface area is 170 Å². The third-order valence-corrected chi connectivity index (χ3v) is 9.06. The third kappa shape index (κ3) is 4.01. The molecule has 0 radical (unpaired) electrons. The molecule has 2 aromatic rings. The number of nitrogens with zero attached hydrogens (tertiary/aromatic N) is 2. The summed E-state index contributed by atoms with van der Waals surface area (Å²) in [6.45, 7) is 3.34. The summed E-state index contributed by atoms with van der Waals surface area (Å²) in [6, 6.07) is 9.21. The van der Waals surface area contributed by atoms with Gasteiger partial charge in [0.25, 0.3) is 15.9 Å². The van der Waals surface area contributed by atoms with Crippen molar-refractivity contribution in [3.05, 3.63) is 45.2 Å². The van der Waals surface area contributed by atoms with Crippen LogP contribution in [0.25, 0.3) is 0 Å². The van der Waals surface area contributed by atoms with Gasteiger partial charge in [0.15, 0.2) is 0 Å². The zero-order chi connectivity index (χ0) is 18.9. The predicted molar refractivity (Wildman–Crippen MR) is 110 cm³/mol. The summed E-state index contributed by atoms with van der Waals surface area (Å²) in [5.74, 6) is -0.0330. The largest absolute Gasteiger partial charge is 0.336 e. The molecule has 9 heteroatoms. The van der Waals surface area contributed by atoms with Crippen molar-refractivity contribution >= 4 is 55.0 Å². The number of benzene rings is 1. The zero-order valence-corrected chi connectivity index (χ0v) is 18.5. The van der Waals surface area contributed by atoms with Gasteiger partial charge in [-0.1, -0.05) is 6.07 Å². The van der Waals surface area contributed by atoms with Crippen molar-refractivity contribution in [2.24, 2.45) is 0 Å². The van der Waals surface area contributed by atoms with Crippen molar-refractivity contribution in [3.63, 3.8) is 0 Å². The van der Waals surface area contributed by atoms with Crippen LogP contribution in [-0.2, 0) is 10.0 Å². The molecular weight excluding hydrogens is 456 g/mol. The molecule has 1 amide bonds. The van der Waals surface area contributed by atoms with Gasteiger partial charge in [0.2, 0.25) is 0 Å². The fraction of sp³-hybridized carbons (Fsp3) is 0.353. The first-order valence-electron chi connectivity index (χ1n) is 8.02. The van der Waals surface area contributed by atoms with Crippen molar-refractivity contribution in [2.45, 2.75) is 16.0 Å². The van der Waals surface area contributed by atoms with E-state index in [1.807, 2.05) is 31.4 Å². The van der Waals surface area contributed by atoms with Crippen LogP contribution in [0.5, 0.6) is 0 Å². The van der Waals surface area contributed by atoms with Crippen LogP contribution in [-0.4, -0.2) is 56.0 Å². The normalized spacial score (nSPS) is 16.0. The van der Waals surface area contributed by atoms with Crippen molar-refractivity contribution < 1.29 is 13.2 Å². The van der Waals surface area contributed by atoms with Crippen LogP contribution in [0.3, 0.4) is 0 Å². The maximum Gasteiger partial charge on any atom is 0.254 e. The Bertz CT molecular complexity index is 919. The molecule has 26 heavy (non-hydrogen) atoms. The number of piperazine rings is 1. The summed E-state index contributed by atoms with van der Waals surface area (Å²) in [5, 5.41) is 0. The molecule has 3 rings (SSSR count). The van der Waals surface area contributed by atoms with Gasteiger partial charge >= 0.3 is 0 Å². The van der Waals surface area contributed by atoms with Gasteiger partial charge in [0.1, 0.15) is 4.21 Å². The van der Waals surface area contributed by atoms with E-state index in [0.29, 0.717) is 36.0 Å². The highest BCUT2D eigenvalue weighted by Crippen LogP contribution is 2.29. The van der Waals surface area contributed by atoms with Gasteiger partial charge in [0.05, 0.1) is 3.79 Å². The lowest BCUT2D eigenvalue weighted by Gasteiger charge is -2.34. The lowest BCUT2D eigenvalue weighted by atomic mass is 10.1. The molecule has 5 nitrogen and oxygen atoms in total. The fourth-order valence-corrected chi connectivity index (χ4v) is 6.85. The summed E-state index contributed by atoms with van der Waals surface area (Å²) >= 11 is 6.10. The van der Waals surface area contributed by atoms with Gasteiger partial charge in [-0.15, -0.1) is 23.1 Å². The molecule has 140 valence electrons. The van der Waals surface area contributed by atoms with Crippen molar-refractivity contribution in [1.82, 2.24) is 9.21 Å². The zero-order valence-electron chi connectivity index (χ0n) is 14.4. The van der Waals surface area contributed by atoms with E-state index < -0.39 is 10.0 Å². The monoisotopic (exact) mass is 474 g/mol. The van der Waals surface area contributed by atoms with E-state index in [9.17, 15) is 13.2 Å². The number of halogens is 1. The third-order valence-electron chi connectivity index (χ3n) is 4.34. The van der Waals surface area contributed by atoms with Crippen LogP contribution in [0.4, 0.5) is 0 Å². The van der Waals surface area contributed by atoms with Gasteiger partial charge in [0, 0.05) is 36.6 Å². The second-order valence-corrected chi connectivity index (χ2v) is 11.4. The highest BCUT2D eigenvalue weighted by atomic mass is 79.9. The second-order valence-electron chi connectivity index (χ2n) is 5.94. The Hall–Kier alpha value is -0.870. The van der Waals surface area contributed by atoms with Crippen LogP contribution < -0.4 is 0 Å². The first kappa shape index (κ1) is 19.9. The van der Waals surface area contributed by atoms with Crippen LogP contribution in [0.15, 0.2) is 43.2 Å². The van der Waals surface area contributed by atoms with E-state index in [-0.39, 0.29) is 5.91 Å². The highest BCUT2D eigenvalue weighted by Gasteiger charge is 2.31. The van der Waals surface area contributed by atoms with Gasteiger partial charge in [-0.05, 0) is 58.9 Å². The minimum atomic E-state index is -3.49. The summed E-state index contributed by atoms with van der Waals surface area (Å²) in [6.07, 6.45) is 1.98. The van der Waals surface area contributed by atoms with E-state index in [1.165, 1.54) is 15.6 Å². The molecule has 1 fully saturated rings. The number of rotatable bonds is 4. The Morgan fingerprint density at radius 2 is 1.85 bits per heavy atom. The van der Waals surface area contributed by atoms with Crippen molar-refractivity contribution in [1.29, 1.82) is 0 Å². The van der Waals surface area contributed by atoms with E-state index >= 15 is 0 Å². The Balaban J connectivity index is 1.71. The summed E-state index contributed by atoms with van der Waals surface area (Å²) < 4.78 is 28.0. The maximum absolute atomic E-state index is 12.9. The van der Waals surface area contributed by atoms with Crippen molar-refractivity contribution in [2.75, 3.05) is 32.4 Å². The average molecular weight is 475 g/mol. The van der Waals surface area contributed by atoms with E-state index in [0.717, 1.165) is 14.2 Å². The molecule has 0 bridgehead atoms. The number of thiophene rings is 1. The number of thioether (sulfide) groups is 1.